The highest BCUT2D eigenvalue weighted by Gasteiger charge is 2.23. The molecule has 1 aliphatic rings. The van der Waals surface area contributed by atoms with Crippen molar-refractivity contribution in [3.63, 3.8) is 0 Å². The molecule has 1 saturated heterocycles. The molecule has 0 spiro atoms. The van der Waals surface area contributed by atoms with Gasteiger partial charge in [0.2, 0.25) is 0 Å². The Hall–Kier alpha value is -1.24. The number of hydrogen-bond donors (Lipinski definition) is 1. The molecule has 2 atom stereocenters. The minimum Gasteiger partial charge on any atom is -0.380 e. The van der Waals surface area contributed by atoms with Crippen LogP contribution in [-0.2, 0) is 4.74 Å². The van der Waals surface area contributed by atoms with Crippen LogP contribution in [0.5, 0.6) is 0 Å². The Balaban J connectivity index is 2.13. The summed E-state index contributed by atoms with van der Waals surface area (Å²) in [7, 11) is 0. The van der Waals surface area contributed by atoms with Crippen molar-refractivity contribution in [1.29, 1.82) is 5.26 Å². The molecule has 1 heterocycles. The number of rotatable bonds is 2. The highest BCUT2D eigenvalue weighted by molar-refractivity contribution is 6.31. The van der Waals surface area contributed by atoms with E-state index in [0.717, 1.165) is 18.7 Å². The van der Waals surface area contributed by atoms with Crippen LogP contribution >= 0.6 is 11.6 Å². The van der Waals surface area contributed by atoms with Gasteiger partial charge in [-0.05, 0) is 31.5 Å². The molecule has 0 aliphatic carbocycles. The number of ether oxygens (including phenoxy) is 1. The van der Waals surface area contributed by atoms with Gasteiger partial charge in [-0.1, -0.05) is 11.6 Å². The van der Waals surface area contributed by atoms with Crippen LogP contribution < -0.4 is 5.32 Å². The van der Waals surface area contributed by atoms with Crippen molar-refractivity contribution >= 4 is 17.3 Å². The average molecular weight is 237 g/mol. The highest BCUT2D eigenvalue weighted by Crippen LogP contribution is 2.23. The number of halogens is 1. The van der Waals surface area contributed by atoms with E-state index in [1.54, 1.807) is 12.1 Å². The van der Waals surface area contributed by atoms with Gasteiger partial charge in [-0.3, -0.25) is 0 Å². The molecule has 0 radical (unpaired) electrons. The molecule has 1 aliphatic heterocycles. The minimum absolute atomic E-state index is 0.209. The molecule has 0 saturated carbocycles. The lowest BCUT2D eigenvalue weighted by atomic mass is 10.1. The molecule has 16 heavy (non-hydrogen) atoms. The highest BCUT2D eigenvalue weighted by atomic mass is 35.5. The summed E-state index contributed by atoms with van der Waals surface area (Å²) in [6, 6.07) is 7.77. The first-order valence-electron chi connectivity index (χ1n) is 5.28. The van der Waals surface area contributed by atoms with Gasteiger partial charge in [-0.15, -0.1) is 0 Å². The molecule has 84 valence electrons. The van der Waals surface area contributed by atoms with Gasteiger partial charge in [0.05, 0.1) is 22.7 Å². The van der Waals surface area contributed by atoms with Crippen LogP contribution in [0.3, 0.4) is 0 Å². The zero-order valence-electron chi connectivity index (χ0n) is 9.03. The maximum Gasteiger partial charge on any atom is 0.101 e. The molecule has 0 amide bonds. The quantitative estimate of drug-likeness (QED) is 0.859. The first kappa shape index (κ1) is 11.3. The lowest BCUT2D eigenvalue weighted by molar-refractivity contribution is 0.121. The molecular formula is C12H13ClN2O. The molecule has 4 heteroatoms. The van der Waals surface area contributed by atoms with Crippen molar-refractivity contribution in [3.05, 3.63) is 28.8 Å². The first-order chi connectivity index (χ1) is 7.70. The van der Waals surface area contributed by atoms with Gasteiger partial charge in [0, 0.05) is 12.3 Å². The predicted octanol–water partition coefficient (Wildman–Crippen LogP) is 2.80. The average Bonchev–Trinajstić information content (AvgIpc) is 2.67. The lowest BCUT2D eigenvalue weighted by Gasteiger charge is -2.17. The minimum atomic E-state index is 0.209. The number of nitriles is 1. The van der Waals surface area contributed by atoms with Gasteiger partial charge in [-0.2, -0.15) is 5.26 Å². The summed E-state index contributed by atoms with van der Waals surface area (Å²) in [4.78, 5) is 0. The van der Waals surface area contributed by atoms with Crippen molar-refractivity contribution in [2.45, 2.75) is 25.5 Å². The summed E-state index contributed by atoms with van der Waals surface area (Å²) >= 11 is 5.87. The molecule has 1 N–H and O–H groups in total. The summed E-state index contributed by atoms with van der Waals surface area (Å²) in [6.07, 6.45) is 1.20. The number of anilines is 1. The molecule has 1 aromatic carbocycles. The van der Waals surface area contributed by atoms with Crippen molar-refractivity contribution in [1.82, 2.24) is 0 Å². The standard InChI is InChI=1S/C12H13ClN2O/c1-8-12(4-5-16-8)15-10-2-3-11(13)9(6-10)7-14/h2-3,6,8,12,15H,4-5H2,1H3. The van der Waals surface area contributed by atoms with E-state index in [0.29, 0.717) is 16.6 Å². The number of nitrogens with zero attached hydrogens (tertiary/aromatic N) is 1. The van der Waals surface area contributed by atoms with E-state index in [-0.39, 0.29) is 6.10 Å². The zero-order chi connectivity index (χ0) is 11.5. The van der Waals surface area contributed by atoms with Crippen LogP contribution in [0.25, 0.3) is 0 Å². The third-order valence-corrected chi connectivity index (χ3v) is 3.14. The molecule has 1 fully saturated rings. The largest absolute Gasteiger partial charge is 0.380 e. The number of hydrogen-bond acceptors (Lipinski definition) is 3. The fourth-order valence-electron chi connectivity index (χ4n) is 1.84. The summed E-state index contributed by atoms with van der Waals surface area (Å²) in [6.45, 7) is 2.84. The second-order valence-corrected chi connectivity index (χ2v) is 4.33. The van der Waals surface area contributed by atoms with Crippen molar-refractivity contribution in [2.24, 2.45) is 0 Å². The van der Waals surface area contributed by atoms with Crippen LogP contribution in [0.15, 0.2) is 18.2 Å². The Labute approximate surface area is 100.0 Å². The topological polar surface area (TPSA) is 45.0 Å². The fourth-order valence-corrected chi connectivity index (χ4v) is 2.00. The van der Waals surface area contributed by atoms with Crippen molar-refractivity contribution in [2.75, 3.05) is 11.9 Å². The van der Waals surface area contributed by atoms with Crippen LogP contribution in [0.4, 0.5) is 5.69 Å². The summed E-state index contributed by atoms with van der Waals surface area (Å²) in [5.74, 6) is 0. The van der Waals surface area contributed by atoms with E-state index in [2.05, 4.69) is 11.4 Å². The Bertz CT molecular complexity index is 428. The Morgan fingerprint density at radius 2 is 2.38 bits per heavy atom. The zero-order valence-corrected chi connectivity index (χ0v) is 9.79. The molecule has 3 nitrogen and oxygen atoms in total. The molecule has 2 unspecified atom stereocenters. The Morgan fingerprint density at radius 3 is 3.00 bits per heavy atom. The fraction of sp³-hybridized carbons (Fsp3) is 0.417. The van der Waals surface area contributed by atoms with Gasteiger partial charge in [-0.25, -0.2) is 0 Å². The summed E-state index contributed by atoms with van der Waals surface area (Å²) in [5, 5.41) is 12.7. The lowest BCUT2D eigenvalue weighted by Crippen LogP contribution is -2.26. The second-order valence-electron chi connectivity index (χ2n) is 3.92. The third-order valence-electron chi connectivity index (χ3n) is 2.82. The van der Waals surface area contributed by atoms with Crippen LogP contribution in [0.2, 0.25) is 5.02 Å². The third kappa shape index (κ3) is 2.29. The Morgan fingerprint density at radius 1 is 1.56 bits per heavy atom. The molecule has 0 bridgehead atoms. The van der Waals surface area contributed by atoms with Gasteiger partial charge in [0.1, 0.15) is 6.07 Å². The van der Waals surface area contributed by atoms with E-state index in [1.807, 2.05) is 13.0 Å². The predicted molar refractivity (Wildman–Crippen MR) is 63.6 cm³/mol. The Kier molecular flexibility index (Phi) is 3.33. The van der Waals surface area contributed by atoms with Crippen molar-refractivity contribution in [3.8, 4) is 6.07 Å². The van der Waals surface area contributed by atoms with Gasteiger partial charge >= 0.3 is 0 Å². The second kappa shape index (κ2) is 4.73. The monoisotopic (exact) mass is 236 g/mol. The van der Waals surface area contributed by atoms with Gasteiger partial charge in [0.25, 0.3) is 0 Å². The van der Waals surface area contributed by atoms with E-state index in [9.17, 15) is 0 Å². The van der Waals surface area contributed by atoms with Crippen LogP contribution in [0, 0.1) is 11.3 Å². The number of benzene rings is 1. The first-order valence-corrected chi connectivity index (χ1v) is 5.66. The van der Waals surface area contributed by atoms with E-state index in [1.165, 1.54) is 0 Å². The molecule has 0 aromatic heterocycles. The van der Waals surface area contributed by atoms with Crippen molar-refractivity contribution < 1.29 is 4.74 Å². The van der Waals surface area contributed by atoms with E-state index < -0.39 is 0 Å². The number of nitrogens with one attached hydrogen (secondary N) is 1. The molecule has 1 aromatic rings. The smallest absolute Gasteiger partial charge is 0.101 e. The van der Waals surface area contributed by atoms with E-state index >= 15 is 0 Å². The molecular weight excluding hydrogens is 224 g/mol. The maximum absolute atomic E-state index is 8.87. The maximum atomic E-state index is 8.87. The normalized spacial score (nSPS) is 24.1. The van der Waals surface area contributed by atoms with Gasteiger partial charge < -0.3 is 10.1 Å². The van der Waals surface area contributed by atoms with E-state index in [4.69, 9.17) is 21.6 Å². The van der Waals surface area contributed by atoms with Crippen LogP contribution in [0.1, 0.15) is 18.9 Å². The summed E-state index contributed by atoms with van der Waals surface area (Å²) in [5.41, 5.74) is 1.42. The SMILES string of the molecule is CC1OCCC1Nc1ccc(Cl)c(C#N)c1. The summed E-state index contributed by atoms with van der Waals surface area (Å²) < 4.78 is 5.46. The molecule has 2 rings (SSSR count). The van der Waals surface area contributed by atoms with Crippen LogP contribution in [-0.4, -0.2) is 18.8 Å². The van der Waals surface area contributed by atoms with Gasteiger partial charge in [0.15, 0.2) is 0 Å².